The van der Waals surface area contributed by atoms with E-state index in [1.165, 1.54) is 0 Å². The summed E-state index contributed by atoms with van der Waals surface area (Å²) in [6.07, 6.45) is 2.95. The van der Waals surface area contributed by atoms with Gasteiger partial charge in [-0.15, -0.1) is 5.01 Å². The van der Waals surface area contributed by atoms with E-state index in [9.17, 15) is 10.0 Å². The van der Waals surface area contributed by atoms with Gasteiger partial charge in [0, 0.05) is 24.0 Å². The van der Waals surface area contributed by atoms with Gasteiger partial charge in [0.05, 0.1) is 16.8 Å². The number of amides is 1. The number of hydroxylamine groups is 1. The molecule has 2 aromatic rings. The van der Waals surface area contributed by atoms with E-state index in [0.29, 0.717) is 28.8 Å². The number of hydrogen-bond acceptors (Lipinski definition) is 5. The molecular weight excluding hydrogens is 423 g/mol. The fraction of sp³-hybridized carbons (Fsp3) is 0.364. The van der Waals surface area contributed by atoms with Crippen LogP contribution in [0.15, 0.2) is 53.6 Å². The molecule has 1 amide bonds. The maximum atomic E-state index is 13.1. The monoisotopic (exact) mass is 446 g/mol. The number of carbonyl (C=O) groups is 1. The summed E-state index contributed by atoms with van der Waals surface area (Å²) in [5.74, 6) is -0.818. The molecule has 1 saturated heterocycles. The molecule has 0 bridgehead atoms. The minimum absolute atomic E-state index is 0.268. The van der Waals surface area contributed by atoms with Gasteiger partial charge >= 0.3 is 5.91 Å². The second-order valence-electron chi connectivity index (χ2n) is 7.75. The lowest BCUT2D eigenvalue weighted by atomic mass is 9.91. The largest absolute Gasteiger partial charge is 0.605 e. The molecule has 2 aliphatic heterocycles. The molecular formula is C22H24Cl2N4O2. The average molecular weight is 447 g/mol. The summed E-state index contributed by atoms with van der Waals surface area (Å²) in [7, 11) is 0. The van der Waals surface area contributed by atoms with Crippen molar-refractivity contribution in [2.24, 2.45) is 11.0 Å². The zero-order chi connectivity index (χ0) is 21.3. The average Bonchev–Trinajstić information content (AvgIpc) is 3.11. The first-order valence-electron chi connectivity index (χ1n) is 10.2. The molecule has 30 heavy (non-hydrogen) atoms. The molecule has 6 nitrogen and oxygen atoms in total. The molecule has 2 aromatic carbocycles. The number of anilines is 1. The summed E-state index contributed by atoms with van der Waals surface area (Å²) in [5, 5.41) is 21.6. The van der Waals surface area contributed by atoms with Crippen molar-refractivity contribution in [3.05, 3.63) is 69.3 Å². The van der Waals surface area contributed by atoms with Gasteiger partial charge < -0.3 is 5.21 Å². The van der Waals surface area contributed by atoms with Crippen molar-refractivity contribution in [3.8, 4) is 0 Å². The number of hydrazone groups is 1. The first-order chi connectivity index (χ1) is 14.5. The van der Waals surface area contributed by atoms with Crippen LogP contribution in [0, 0.1) is 11.1 Å². The molecule has 0 aliphatic carbocycles. The molecule has 158 valence electrons. The van der Waals surface area contributed by atoms with Gasteiger partial charge in [0.15, 0.2) is 5.71 Å². The van der Waals surface area contributed by atoms with Gasteiger partial charge in [-0.1, -0.05) is 60.8 Å². The van der Waals surface area contributed by atoms with Crippen LogP contribution in [0.2, 0.25) is 10.0 Å². The second-order valence-corrected chi connectivity index (χ2v) is 8.59. The van der Waals surface area contributed by atoms with Crippen molar-refractivity contribution in [2.45, 2.75) is 32.2 Å². The normalized spacial score (nSPS) is 23.3. The second kappa shape index (κ2) is 9.04. The third-order valence-corrected chi connectivity index (χ3v) is 6.34. The van der Waals surface area contributed by atoms with Gasteiger partial charge in [-0.2, -0.15) is 5.10 Å². The van der Waals surface area contributed by atoms with Gasteiger partial charge in [-0.05, 0) is 42.7 Å². The highest BCUT2D eigenvalue weighted by Gasteiger charge is 2.43. The summed E-state index contributed by atoms with van der Waals surface area (Å²) in [6, 6.07) is 14.6. The van der Waals surface area contributed by atoms with Crippen LogP contribution < -0.4 is 10.2 Å². The standard InChI is InChI=1S/C22H24Cl2N4O2/c1-15-20(22(29)28(30)26-13-5-2-6-14-26)25-27(19-8-4-3-7-18(19)24)21(15)16-9-11-17(23)12-10-16/h3-4,7-12,15,21,28H,2,5-6,13-14H2,1H3/t15-,21+/m0/s1. The molecule has 0 radical (unpaired) electrons. The predicted octanol–water partition coefficient (Wildman–Crippen LogP) is 3.86. The maximum Gasteiger partial charge on any atom is 0.380 e. The summed E-state index contributed by atoms with van der Waals surface area (Å²) in [6.45, 7) is 3.18. The zero-order valence-electron chi connectivity index (χ0n) is 16.7. The van der Waals surface area contributed by atoms with Crippen molar-refractivity contribution in [1.29, 1.82) is 0 Å². The Bertz CT molecular complexity index is 944. The van der Waals surface area contributed by atoms with Crippen molar-refractivity contribution in [3.63, 3.8) is 0 Å². The Hall–Kier alpha value is -1.96. The number of rotatable bonds is 4. The number of nitrogens with one attached hydrogen (secondary N) is 1. The quantitative estimate of drug-likeness (QED) is 0.724. The van der Waals surface area contributed by atoms with Crippen LogP contribution >= 0.6 is 23.2 Å². The molecule has 0 aromatic heterocycles. The predicted molar refractivity (Wildman–Crippen MR) is 119 cm³/mol. The van der Waals surface area contributed by atoms with E-state index in [2.05, 4.69) is 5.10 Å². The molecule has 3 atom stereocenters. The van der Waals surface area contributed by atoms with Crippen LogP contribution in [0.3, 0.4) is 0 Å². The molecule has 1 fully saturated rings. The van der Waals surface area contributed by atoms with Gasteiger partial charge in [0.25, 0.3) is 0 Å². The van der Waals surface area contributed by atoms with E-state index in [1.54, 1.807) is 16.1 Å². The Kier molecular flexibility index (Phi) is 6.41. The third kappa shape index (κ3) is 4.11. The zero-order valence-corrected chi connectivity index (χ0v) is 18.2. The lowest BCUT2D eigenvalue weighted by Crippen LogP contribution is -3.17. The van der Waals surface area contributed by atoms with E-state index in [0.717, 1.165) is 24.8 Å². The molecule has 2 aliphatic rings. The Morgan fingerprint density at radius 3 is 2.40 bits per heavy atom. The number of carbonyl (C=O) groups excluding carboxylic acids is 1. The topological polar surface area (TPSA) is 63.4 Å². The van der Waals surface area contributed by atoms with Crippen LogP contribution in [-0.2, 0) is 4.79 Å². The summed E-state index contributed by atoms with van der Waals surface area (Å²) < 4.78 is 0. The molecule has 4 rings (SSSR count). The van der Waals surface area contributed by atoms with Crippen LogP contribution in [-0.4, -0.2) is 29.7 Å². The first kappa shape index (κ1) is 21.3. The highest BCUT2D eigenvalue weighted by molar-refractivity contribution is 6.37. The van der Waals surface area contributed by atoms with Crippen LogP contribution in [0.5, 0.6) is 0 Å². The fourth-order valence-electron chi connectivity index (χ4n) is 4.16. The number of hydrogen-bond donors (Lipinski definition) is 1. The van der Waals surface area contributed by atoms with E-state index < -0.39 is 11.1 Å². The maximum absolute atomic E-state index is 13.1. The SMILES string of the molecule is C[C@H]1C(C(=O)[NH+]([O-])N2CCCCC2)=NN(c2ccccc2Cl)[C@H]1c1ccc(Cl)cc1. The third-order valence-electron chi connectivity index (χ3n) is 5.76. The number of para-hydroxylation sites is 1. The summed E-state index contributed by atoms with van der Waals surface area (Å²) >= 11 is 12.5. The number of nitrogens with zero attached hydrogens (tertiary/aromatic N) is 3. The highest BCUT2D eigenvalue weighted by Crippen LogP contribution is 2.41. The van der Waals surface area contributed by atoms with Gasteiger partial charge in [0.1, 0.15) is 0 Å². The van der Waals surface area contributed by atoms with Gasteiger partial charge in [-0.3, -0.25) is 5.01 Å². The Balaban J connectivity index is 1.70. The van der Waals surface area contributed by atoms with E-state index in [-0.39, 0.29) is 17.7 Å². The first-order valence-corrected chi connectivity index (χ1v) is 10.9. The van der Waals surface area contributed by atoms with Gasteiger partial charge in [0.2, 0.25) is 0 Å². The van der Waals surface area contributed by atoms with Crippen molar-refractivity contribution in [2.75, 3.05) is 18.1 Å². The van der Waals surface area contributed by atoms with Gasteiger partial charge in [-0.25, -0.2) is 9.97 Å². The van der Waals surface area contributed by atoms with Crippen molar-refractivity contribution < 1.29 is 9.97 Å². The molecule has 0 saturated carbocycles. The smallest absolute Gasteiger partial charge is 0.380 e. The van der Waals surface area contributed by atoms with E-state index in [4.69, 9.17) is 23.2 Å². The fourth-order valence-corrected chi connectivity index (χ4v) is 4.51. The molecule has 0 spiro atoms. The summed E-state index contributed by atoms with van der Waals surface area (Å²) in [4.78, 5) is 13.1. The number of benzene rings is 2. The number of quaternary nitrogens is 1. The van der Waals surface area contributed by atoms with E-state index in [1.807, 2.05) is 49.4 Å². The highest BCUT2D eigenvalue weighted by atomic mass is 35.5. The number of halogens is 2. The minimum Gasteiger partial charge on any atom is -0.605 e. The lowest BCUT2D eigenvalue weighted by Gasteiger charge is -2.34. The Morgan fingerprint density at radius 1 is 1.07 bits per heavy atom. The Labute approximate surface area is 186 Å². The van der Waals surface area contributed by atoms with Crippen molar-refractivity contribution in [1.82, 2.24) is 5.01 Å². The molecule has 1 unspecified atom stereocenters. The van der Waals surface area contributed by atoms with Crippen LogP contribution in [0.25, 0.3) is 0 Å². The molecule has 1 N–H and O–H groups in total. The lowest BCUT2D eigenvalue weighted by molar-refractivity contribution is -0.897. The van der Waals surface area contributed by atoms with E-state index >= 15 is 0 Å². The van der Waals surface area contributed by atoms with Crippen LogP contribution in [0.1, 0.15) is 37.8 Å². The minimum atomic E-state index is -0.530. The summed E-state index contributed by atoms with van der Waals surface area (Å²) in [5.41, 5.74) is 1.91. The van der Waals surface area contributed by atoms with Crippen LogP contribution in [0.4, 0.5) is 5.69 Å². The number of piperidine rings is 1. The van der Waals surface area contributed by atoms with Crippen molar-refractivity contribution >= 4 is 40.5 Å². The molecule has 2 heterocycles. The Morgan fingerprint density at radius 2 is 1.73 bits per heavy atom. The molecule has 8 heteroatoms.